The maximum Gasteiger partial charge on any atom is 0.347 e. The summed E-state index contributed by atoms with van der Waals surface area (Å²) in [6.45, 7) is 6.79. The van der Waals surface area contributed by atoms with Crippen LogP contribution in [0.15, 0.2) is 0 Å². The first-order valence-electron chi connectivity index (χ1n) is 6.74. The second kappa shape index (κ2) is 7.39. The van der Waals surface area contributed by atoms with Gasteiger partial charge in [0.2, 0.25) is 5.82 Å². The van der Waals surface area contributed by atoms with Gasteiger partial charge >= 0.3 is 5.97 Å². The van der Waals surface area contributed by atoms with Crippen molar-refractivity contribution >= 4 is 23.5 Å². The molecule has 1 aromatic rings. The van der Waals surface area contributed by atoms with Crippen LogP contribution in [0.5, 0.6) is 5.88 Å². The van der Waals surface area contributed by atoms with Crippen LogP contribution < -0.4 is 9.64 Å². The summed E-state index contributed by atoms with van der Waals surface area (Å²) < 4.78 is 24.4. The Morgan fingerprint density at radius 2 is 2.15 bits per heavy atom. The molecule has 1 aliphatic rings. The van der Waals surface area contributed by atoms with Gasteiger partial charge in [0.05, 0.1) is 31.5 Å². The third kappa shape index (κ3) is 3.57. The van der Waals surface area contributed by atoms with Crippen LogP contribution in [0.2, 0.25) is 0 Å². The Morgan fingerprint density at radius 1 is 1.40 bits per heavy atom. The quantitative estimate of drug-likeness (QED) is 0.728. The van der Waals surface area contributed by atoms with Crippen molar-refractivity contribution in [2.45, 2.75) is 26.4 Å². The van der Waals surface area contributed by atoms with Gasteiger partial charge in [-0.1, -0.05) is 6.92 Å². The molecule has 0 radical (unpaired) electrons. The zero-order valence-corrected chi connectivity index (χ0v) is 12.5. The topological polar surface area (TPSA) is 73.8 Å². The molecule has 8 heteroatoms. The summed E-state index contributed by atoms with van der Waals surface area (Å²) in [7, 11) is 0. The van der Waals surface area contributed by atoms with Crippen molar-refractivity contribution in [2.24, 2.45) is 0 Å². The number of rotatable bonds is 6. The van der Waals surface area contributed by atoms with Crippen LogP contribution in [0.3, 0.4) is 0 Å². The molecule has 1 atom stereocenters. The van der Waals surface area contributed by atoms with Crippen molar-refractivity contribution in [1.29, 1.82) is 0 Å². The number of carbonyl (C=O) groups excluding carboxylic acids is 1. The Bertz CT molecular complexity index is 434. The van der Waals surface area contributed by atoms with E-state index in [1.807, 2.05) is 6.92 Å². The van der Waals surface area contributed by atoms with Crippen LogP contribution in [0.1, 0.15) is 20.3 Å². The van der Waals surface area contributed by atoms with Gasteiger partial charge in [-0.25, -0.2) is 4.79 Å². The van der Waals surface area contributed by atoms with Gasteiger partial charge in [-0.05, 0) is 13.3 Å². The van der Waals surface area contributed by atoms with Crippen molar-refractivity contribution in [3.05, 3.63) is 0 Å². The number of ether oxygens (including phenoxy) is 3. The molecule has 0 N–H and O–H groups in total. The van der Waals surface area contributed by atoms with Gasteiger partial charge in [-0.15, -0.1) is 4.37 Å². The number of hydrogen-bond donors (Lipinski definition) is 0. The Labute approximate surface area is 122 Å². The lowest BCUT2D eigenvalue weighted by atomic mass is 10.3. The van der Waals surface area contributed by atoms with E-state index in [2.05, 4.69) is 13.6 Å². The Kier molecular flexibility index (Phi) is 5.54. The third-order valence-corrected chi connectivity index (χ3v) is 3.43. The van der Waals surface area contributed by atoms with Crippen molar-refractivity contribution in [1.82, 2.24) is 8.75 Å². The number of aromatic nitrogens is 2. The largest absolute Gasteiger partial charge is 0.463 e. The van der Waals surface area contributed by atoms with E-state index in [0.29, 0.717) is 37.9 Å². The molecule has 1 aromatic heterocycles. The lowest BCUT2D eigenvalue weighted by molar-refractivity contribution is -0.151. The molecule has 2 rings (SSSR count). The van der Waals surface area contributed by atoms with Crippen LogP contribution in [0.25, 0.3) is 0 Å². The molecule has 0 aliphatic carbocycles. The van der Waals surface area contributed by atoms with Gasteiger partial charge in [-0.2, -0.15) is 4.37 Å². The molecule has 0 aromatic carbocycles. The van der Waals surface area contributed by atoms with E-state index >= 15 is 0 Å². The number of carbonyl (C=O) groups is 1. The van der Waals surface area contributed by atoms with Gasteiger partial charge in [-0.3, -0.25) is 0 Å². The molecule has 1 fully saturated rings. The summed E-state index contributed by atoms with van der Waals surface area (Å²) in [4.78, 5) is 13.8. The Hall–Kier alpha value is -1.41. The highest BCUT2D eigenvalue weighted by Crippen LogP contribution is 2.27. The minimum atomic E-state index is -0.640. The van der Waals surface area contributed by atoms with Crippen LogP contribution >= 0.6 is 11.7 Å². The molecule has 0 amide bonds. The summed E-state index contributed by atoms with van der Waals surface area (Å²) in [5.74, 6) is 0.716. The van der Waals surface area contributed by atoms with Crippen molar-refractivity contribution in [2.75, 3.05) is 37.8 Å². The predicted octanol–water partition coefficient (Wildman–Crippen LogP) is 1.10. The van der Waals surface area contributed by atoms with Gasteiger partial charge in [0.15, 0.2) is 6.10 Å². The highest BCUT2D eigenvalue weighted by Gasteiger charge is 2.25. The molecule has 7 nitrogen and oxygen atoms in total. The second-order valence-electron chi connectivity index (χ2n) is 4.26. The second-order valence-corrected chi connectivity index (χ2v) is 4.79. The molecule has 0 saturated carbocycles. The maximum absolute atomic E-state index is 11.8. The van der Waals surface area contributed by atoms with Gasteiger partial charge in [0.25, 0.3) is 5.88 Å². The summed E-state index contributed by atoms with van der Waals surface area (Å²) >= 11 is 1.08. The average molecular weight is 301 g/mol. The van der Waals surface area contributed by atoms with E-state index in [9.17, 15) is 4.79 Å². The fourth-order valence-electron chi connectivity index (χ4n) is 1.89. The van der Waals surface area contributed by atoms with Crippen molar-refractivity contribution < 1.29 is 19.0 Å². The number of esters is 1. The van der Waals surface area contributed by atoms with E-state index in [1.54, 1.807) is 6.92 Å². The maximum atomic E-state index is 11.8. The molecule has 0 bridgehead atoms. The molecule has 1 saturated heterocycles. The van der Waals surface area contributed by atoms with Crippen molar-refractivity contribution in [3.8, 4) is 5.88 Å². The monoisotopic (exact) mass is 301 g/mol. The first kappa shape index (κ1) is 15.0. The SMILES string of the molecule is CCOC(=O)C(CC)Oc1nsnc1N1CCOCC1. The van der Waals surface area contributed by atoms with Gasteiger partial charge < -0.3 is 19.1 Å². The minimum Gasteiger partial charge on any atom is -0.463 e. The average Bonchev–Trinajstić information content (AvgIpc) is 2.94. The molecule has 112 valence electrons. The van der Waals surface area contributed by atoms with E-state index < -0.39 is 6.10 Å². The molecule has 1 unspecified atom stereocenters. The lowest BCUT2D eigenvalue weighted by Gasteiger charge is -2.27. The number of morpholine rings is 1. The predicted molar refractivity (Wildman–Crippen MR) is 74.3 cm³/mol. The zero-order valence-electron chi connectivity index (χ0n) is 11.7. The van der Waals surface area contributed by atoms with Crippen LogP contribution in [-0.2, 0) is 14.3 Å². The van der Waals surface area contributed by atoms with Gasteiger partial charge in [0, 0.05) is 13.1 Å². The summed E-state index contributed by atoms with van der Waals surface area (Å²) in [5.41, 5.74) is 0. The first-order valence-corrected chi connectivity index (χ1v) is 7.47. The number of hydrogen-bond acceptors (Lipinski definition) is 8. The van der Waals surface area contributed by atoms with Crippen LogP contribution in [0, 0.1) is 0 Å². The molecule has 20 heavy (non-hydrogen) atoms. The smallest absolute Gasteiger partial charge is 0.347 e. The number of nitrogens with zero attached hydrogens (tertiary/aromatic N) is 3. The fourth-order valence-corrected chi connectivity index (χ4v) is 2.40. The van der Waals surface area contributed by atoms with Crippen LogP contribution in [0.4, 0.5) is 5.82 Å². The normalized spacial score (nSPS) is 16.8. The van der Waals surface area contributed by atoms with E-state index in [-0.39, 0.29) is 5.97 Å². The van der Waals surface area contributed by atoms with Crippen LogP contribution in [-0.4, -0.2) is 53.7 Å². The summed E-state index contributed by atoms with van der Waals surface area (Å²) in [5, 5.41) is 0. The highest BCUT2D eigenvalue weighted by atomic mass is 32.1. The third-order valence-electron chi connectivity index (χ3n) is 2.93. The van der Waals surface area contributed by atoms with E-state index in [0.717, 1.165) is 24.8 Å². The van der Waals surface area contributed by atoms with E-state index in [4.69, 9.17) is 14.2 Å². The zero-order chi connectivity index (χ0) is 14.4. The Morgan fingerprint density at radius 3 is 2.80 bits per heavy atom. The highest BCUT2D eigenvalue weighted by molar-refractivity contribution is 6.99. The standard InChI is InChI=1S/C12H19N3O4S/c1-3-9(12(16)18-4-2)19-11-10(13-20-14-11)15-5-7-17-8-6-15/h9H,3-8H2,1-2H3. The number of anilines is 1. The minimum absolute atomic E-state index is 0.338. The Balaban J connectivity index is 2.05. The molecular formula is C12H19N3O4S. The molecule has 1 aliphatic heterocycles. The van der Waals surface area contributed by atoms with Gasteiger partial charge in [0.1, 0.15) is 0 Å². The summed E-state index contributed by atoms with van der Waals surface area (Å²) in [6.07, 6.45) is -0.113. The molecule has 2 heterocycles. The fraction of sp³-hybridized carbons (Fsp3) is 0.750. The molecule has 0 spiro atoms. The lowest BCUT2D eigenvalue weighted by Crippen LogP contribution is -2.37. The summed E-state index contributed by atoms with van der Waals surface area (Å²) in [6, 6.07) is 0. The first-order chi connectivity index (χ1) is 9.76. The van der Waals surface area contributed by atoms with E-state index in [1.165, 1.54) is 0 Å². The molecular weight excluding hydrogens is 282 g/mol. The van der Waals surface area contributed by atoms with Crippen molar-refractivity contribution in [3.63, 3.8) is 0 Å².